The van der Waals surface area contributed by atoms with Crippen LogP contribution in [-0.4, -0.2) is 35.2 Å². The lowest BCUT2D eigenvalue weighted by molar-refractivity contribution is -0.127. The van der Waals surface area contributed by atoms with Crippen molar-refractivity contribution in [1.29, 1.82) is 0 Å². The van der Waals surface area contributed by atoms with E-state index in [2.05, 4.69) is 22.4 Å². The topological polar surface area (TPSA) is 69.2 Å². The molecule has 0 spiro atoms. The highest BCUT2D eigenvalue weighted by molar-refractivity contribution is 6.33. The first-order valence-corrected chi connectivity index (χ1v) is 12.9. The third-order valence-electron chi connectivity index (χ3n) is 8.18. The molecular weight excluding hydrogens is 498 g/mol. The Bertz CT molecular complexity index is 1540. The van der Waals surface area contributed by atoms with Gasteiger partial charge in [-0.3, -0.25) is 8.97 Å². The second-order valence-corrected chi connectivity index (χ2v) is 11.5. The third kappa shape index (κ3) is 4.28. The SMILES string of the molecule is Cn1cnnc1CC1(c2cccc(-n3cc4c(Cl)cc(CNC5(C)CCC5)cn4c3=O)c2)CC(F)(F)C1. The Morgan fingerprint density at radius 3 is 2.59 bits per heavy atom. The van der Waals surface area contributed by atoms with E-state index < -0.39 is 11.3 Å². The quantitative estimate of drug-likeness (QED) is 0.375. The number of benzene rings is 1. The molecule has 3 aromatic heterocycles. The van der Waals surface area contributed by atoms with Gasteiger partial charge in [-0.1, -0.05) is 23.7 Å². The summed E-state index contributed by atoms with van der Waals surface area (Å²) in [6.07, 6.45) is 8.40. The fourth-order valence-corrected chi connectivity index (χ4v) is 6.09. The fourth-order valence-electron chi connectivity index (χ4n) is 5.81. The van der Waals surface area contributed by atoms with E-state index in [0.717, 1.165) is 24.0 Å². The number of nitrogens with zero attached hydrogens (tertiary/aromatic N) is 5. The summed E-state index contributed by atoms with van der Waals surface area (Å²) in [5, 5.41) is 12.1. The number of hydrogen-bond donors (Lipinski definition) is 1. The van der Waals surface area contributed by atoms with Crippen LogP contribution in [0.15, 0.2) is 53.8 Å². The standard InChI is InChI=1S/C27H29ClF2N6O/c1-25(7-4-8-25)31-12-18-9-21(28)22-14-35(24(37)36(22)13-18)20-6-3-5-19(10-20)26(15-27(29,30)16-26)11-23-33-32-17-34(23)2/h3,5-6,9-10,13-14,17,31H,4,7-8,11-12,15-16H2,1-2H3. The van der Waals surface area contributed by atoms with Crippen molar-refractivity contribution in [2.24, 2.45) is 7.05 Å². The van der Waals surface area contributed by atoms with Crippen LogP contribution in [0, 0.1) is 0 Å². The molecule has 7 nitrogen and oxygen atoms in total. The van der Waals surface area contributed by atoms with E-state index in [1.54, 1.807) is 21.5 Å². The number of aryl methyl sites for hydroxylation is 1. The van der Waals surface area contributed by atoms with E-state index in [0.29, 0.717) is 35.0 Å². The minimum absolute atomic E-state index is 0.137. The van der Waals surface area contributed by atoms with Crippen molar-refractivity contribution in [3.63, 3.8) is 0 Å². The molecule has 0 aliphatic heterocycles. The Balaban J connectivity index is 1.35. The van der Waals surface area contributed by atoms with Gasteiger partial charge in [0.25, 0.3) is 0 Å². The van der Waals surface area contributed by atoms with Crippen LogP contribution < -0.4 is 11.0 Å². The molecule has 10 heteroatoms. The van der Waals surface area contributed by atoms with Gasteiger partial charge in [0.05, 0.1) is 16.2 Å². The molecule has 0 bridgehead atoms. The van der Waals surface area contributed by atoms with Crippen molar-refractivity contribution in [2.45, 2.75) is 68.9 Å². The largest absolute Gasteiger partial charge is 0.337 e. The van der Waals surface area contributed by atoms with Crippen LogP contribution in [0.4, 0.5) is 8.78 Å². The van der Waals surface area contributed by atoms with Crippen LogP contribution in [0.3, 0.4) is 0 Å². The average Bonchev–Trinajstić information content (AvgIpc) is 3.38. The molecule has 0 unspecified atom stereocenters. The summed E-state index contributed by atoms with van der Waals surface area (Å²) in [5.41, 5.74) is 1.99. The van der Waals surface area contributed by atoms with Crippen LogP contribution in [-0.2, 0) is 25.4 Å². The second kappa shape index (κ2) is 8.49. The summed E-state index contributed by atoms with van der Waals surface area (Å²) in [4.78, 5) is 13.5. The van der Waals surface area contributed by atoms with Crippen molar-refractivity contribution in [3.8, 4) is 5.69 Å². The molecule has 1 N–H and O–H groups in total. The molecule has 2 aliphatic carbocycles. The number of pyridine rings is 1. The molecule has 4 aromatic rings. The van der Waals surface area contributed by atoms with Gasteiger partial charge in [-0.25, -0.2) is 13.6 Å². The zero-order valence-corrected chi connectivity index (χ0v) is 21.6. The Labute approximate surface area is 218 Å². The van der Waals surface area contributed by atoms with Gasteiger partial charge in [0.15, 0.2) is 0 Å². The lowest BCUT2D eigenvalue weighted by Crippen LogP contribution is -2.51. The minimum atomic E-state index is -2.73. The predicted octanol–water partition coefficient (Wildman–Crippen LogP) is 4.81. The summed E-state index contributed by atoms with van der Waals surface area (Å²) >= 11 is 6.59. The van der Waals surface area contributed by atoms with Gasteiger partial charge < -0.3 is 9.88 Å². The molecule has 0 saturated heterocycles. The first-order chi connectivity index (χ1) is 17.6. The first-order valence-electron chi connectivity index (χ1n) is 12.6. The summed E-state index contributed by atoms with van der Waals surface area (Å²) in [7, 11) is 1.81. The minimum Gasteiger partial charge on any atom is -0.321 e. The predicted molar refractivity (Wildman–Crippen MR) is 138 cm³/mol. The highest BCUT2D eigenvalue weighted by Crippen LogP contribution is 2.55. The fraction of sp³-hybridized carbons (Fsp3) is 0.444. The number of fused-ring (bicyclic) bond motifs is 1. The molecule has 6 rings (SSSR count). The van der Waals surface area contributed by atoms with Gasteiger partial charge in [-0.15, -0.1) is 10.2 Å². The molecule has 2 saturated carbocycles. The number of hydrogen-bond acceptors (Lipinski definition) is 4. The zero-order chi connectivity index (χ0) is 26.0. The highest BCUT2D eigenvalue weighted by atomic mass is 35.5. The molecule has 1 aromatic carbocycles. The molecule has 3 heterocycles. The number of halogens is 3. The Morgan fingerprint density at radius 1 is 1.16 bits per heavy atom. The molecule has 2 aliphatic rings. The van der Waals surface area contributed by atoms with Crippen LogP contribution >= 0.6 is 11.6 Å². The van der Waals surface area contributed by atoms with Crippen molar-refractivity contribution in [1.82, 2.24) is 29.0 Å². The lowest BCUT2D eigenvalue weighted by Gasteiger charge is -2.47. The van der Waals surface area contributed by atoms with Crippen LogP contribution in [0.25, 0.3) is 11.2 Å². The monoisotopic (exact) mass is 526 g/mol. The van der Waals surface area contributed by atoms with Crippen LogP contribution in [0.5, 0.6) is 0 Å². The Hall–Kier alpha value is -3.04. The van der Waals surface area contributed by atoms with Crippen molar-refractivity contribution in [2.75, 3.05) is 0 Å². The van der Waals surface area contributed by atoms with Crippen LogP contribution in [0.1, 0.15) is 56.0 Å². The van der Waals surface area contributed by atoms with Crippen molar-refractivity contribution in [3.05, 3.63) is 81.5 Å². The number of rotatable bonds is 7. The number of alkyl halides is 2. The third-order valence-corrected chi connectivity index (χ3v) is 8.49. The van der Waals surface area contributed by atoms with Gasteiger partial charge in [-0.05, 0) is 55.5 Å². The first kappa shape index (κ1) is 24.3. The van der Waals surface area contributed by atoms with E-state index in [9.17, 15) is 13.6 Å². The molecule has 2 fully saturated rings. The molecule has 194 valence electrons. The zero-order valence-electron chi connectivity index (χ0n) is 20.8. The molecule has 0 amide bonds. The molecule has 0 atom stereocenters. The second-order valence-electron chi connectivity index (χ2n) is 11.1. The van der Waals surface area contributed by atoms with E-state index in [1.807, 2.05) is 43.6 Å². The summed E-state index contributed by atoms with van der Waals surface area (Å²) in [6.45, 7) is 2.83. The van der Waals surface area contributed by atoms with Crippen LogP contribution in [0.2, 0.25) is 5.02 Å². The summed E-state index contributed by atoms with van der Waals surface area (Å²) < 4.78 is 33.2. The maximum absolute atomic E-state index is 14.2. The number of nitrogens with one attached hydrogen (secondary N) is 1. The maximum atomic E-state index is 14.2. The maximum Gasteiger partial charge on any atom is 0.337 e. The van der Waals surface area contributed by atoms with E-state index in [4.69, 9.17) is 11.6 Å². The molecular formula is C27H29ClF2N6O. The van der Waals surface area contributed by atoms with Crippen molar-refractivity contribution < 1.29 is 8.78 Å². The average molecular weight is 527 g/mol. The van der Waals surface area contributed by atoms with Gasteiger partial charge in [0.1, 0.15) is 12.2 Å². The number of aromatic nitrogens is 5. The van der Waals surface area contributed by atoms with E-state index in [1.165, 1.54) is 11.0 Å². The molecule has 37 heavy (non-hydrogen) atoms. The van der Waals surface area contributed by atoms with Gasteiger partial charge in [-0.2, -0.15) is 0 Å². The normalized spacial score (nSPS) is 19.5. The van der Waals surface area contributed by atoms with Gasteiger partial charge in [0.2, 0.25) is 5.92 Å². The highest BCUT2D eigenvalue weighted by Gasteiger charge is 2.57. The Morgan fingerprint density at radius 2 is 1.95 bits per heavy atom. The lowest BCUT2D eigenvalue weighted by atomic mass is 9.60. The van der Waals surface area contributed by atoms with Gasteiger partial charge in [0, 0.05) is 56.2 Å². The van der Waals surface area contributed by atoms with Gasteiger partial charge >= 0.3 is 5.69 Å². The van der Waals surface area contributed by atoms with E-state index in [-0.39, 0.29) is 24.1 Å². The smallest absolute Gasteiger partial charge is 0.321 e. The molecule has 0 radical (unpaired) electrons. The summed E-state index contributed by atoms with van der Waals surface area (Å²) in [6, 6.07) is 9.20. The van der Waals surface area contributed by atoms with Crippen molar-refractivity contribution >= 4 is 17.1 Å². The van der Waals surface area contributed by atoms with E-state index >= 15 is 0 Å². The summed E-state index contributed by atoms with van der Waals surface area (Å²) in [5.74, 6) is -2.08. The number of imidazole rings is 1. The Kier molecular flexibility index (Phi) is 5.58.